The first kappa shape index (κ1) is 12.4. The van der Waals surface area contributed by atoms with Crippen molar-refractivity contribution in [2.24, 2.45) is 0 Å². The predicted molar refractivity (Wildman–Crippen MR) is 72.2 cm³/mol. The van der Waals surface area contributed by atoms with Crippen molar-refractivity contribution in [3.05, 3.63) is 28.7 Å². The van der Waals surface area contributed by atoms with E-state index in [-0.39, 0.29) is 6.03 Å². The number of carbonyl (C=O) groups excluding carboxylic acids is 1. The van der Waals surface area contributed by atoms with Gasteiger partial charge in [0.25, 0.3) is 0 Å². The first-order valence-corrected chi connectivity index (χ1v) is 6.57. The fourth-order valence-corrected chi connectivity index (χ4v) is 2.05. The van der Waals surface area contributed by atoms with Gasteiger partial charge in [-0.25, -0.2) is 4.79 Å². The molecule has 1 aliphatic heterocycles. The molecule has 0 bridgehead atoms. The zero-order valence-electron chi connectivity index (χ0n) is 9.58. The van der Waals surface area contributed by atoms with Gasteiger partial charge in [0.2, 0.25) is 0 Å². The molecule has 0 saturated carbocycles. The number of amides is 2. The Bertz CT molecular complexity index is 372. The number of rotatable bonds is 1. The smallest absolute Gasteiger partial charge is 0.321 e. The number of hydrogen-bond acceptors (Lipinski definition) is 2. The van der Waals surface area contributed by atoms with Crippen LogP contribution in [0.3, 0.4) is 0 Å². The average molecular weight is 298 g/mol. The number of carbonyl (C=O) groups is 1. The van der Waals surface area contributed by atoms with E-state index in [0.717, 1.165) is 42.8 Å². The molecule has 17 heavy (non-hydrogen) atoms. The Labute approximate surface area is 110 Å². The molecule has 92 valence electrons. The molecule has 0 unspecified atom stereocenters. The highest BCUT2D eigenvalue weighted by Gasteiger charge is 2.14. The molecule has 0 aliphatic carbocycles. The molecule has 2 rings (SSSR count). The Morgan fingerprint density at radius 3 is 2.76 bits per heavy atom. The number of nitrogens with one attached hydrogen (secondary N) is 2. The number of anilines is 1. The van der Waals surface area contributed by atoms with Crippen LogP contribution in [0.4, 0.5) is 10.5 Å². The standard InChI is InChI=1S/C12H16BrN3O/c13-10-2-4-11(5-3-10)15-12(17)16-8-1-6-14-7-9-16/h2-5,14H,1,6-9H2,(H,15,17). The summed E-state index contributed by atoms with van der Waals surface area (Å²) in [4.78, 5) is 13.8. The van der Waals surface area contributed by atoms with Crippen molar-refractivity contribution in [1.29, 1.82) is 0 Å². The molecule has 0 atom stereocenters. The maximum Gasteiger partial charge on any atom is 0.321 e. The van der Waals surface area contributed by atoms with Gasteiger partial charge in [0, 0.05) is 29.8 Å². The van der Waals surface area contributed by atoms with Gasteiger partial charge in [-0.2, -0.15) is 0 Å². The minimum atomic E-state index is -0.0176. The molecule has 0 spiro atoms. The molecule has 1 aliphatic rings. The second-order valence-electron chi connectivity index (χ2n) is 4.03. The van der Waals surface area contributed by atoms with Gasteiger partial charge in [0.15, 0.2) is 0 Å². The molecule has 0 radical (unpaired) electrons. The first-order valence-electron chi connectivity index (χ1n) is 5.78. The highest BCUT2D eigenvalue weighted by molar-refractivity contribution is 9.10. The van der Waals surface area contributed by atoms with Gasteiger partial charge in [-0.3, -0.25) is 0 Å². The summed E-state index contributed by atoms with van der Waals surface area (Å²) in [7, 11) is 0. The van der Waals surface area contributed by atoms with Crippen LogP contribution in [-0.4, -0.2) is 37.1 Å². The van der Waals surface area contributed by atoms with Gasteiger partial charge in [-0.1, -0.05) is 15.9 Å². The minimum absolute atomic E-state index is 0.0176. The monoisotopic (exact) mass is 297 g/mol. The van der Waals surface area contributed by atoms with Gasteiger partial charge in [-0.05, 0) is 37.2 Å². The van der Waals surface area contributed by atoms with Crippen LogP contribution < -0.4 is 10.6 Å². The van der Waals surface area contributed by atoms with Crippen molar-refractivity contribution >= 4 is 27.6 Å². The van der Waals surface area contributed by atoms with Crippen LogP contribution >= 0.6 is 15.9 Å². The molecular weight excluding hydrogens is 282 g/mol. The van der Waals surface area contributed by atoms with E-state index in [1.807, 2.05) is 29.2 Å². The summed E-state index contributed by atoms with van der Waals surface area (Å²) in [6.45, 7) is 3.44. The van der Waals surface area contributed by atoms with E-state index in [1.54, 1.807) is 0 Å². The lowest BCUT2D eigenvalue weighted by atomic mass is 10.3. The Hall–Kier alpha value is -1.07. The molecule has 2 amide bonds. The van der Waals surface area contributed by atoms with Crippen LogP contribution in [0.2, 0.25) is 0 Å². The summed E-state index contributed by atoms with van der Waals surface area (Å²) < 4.78 is 1.01. The second-order valence-corrected chi connectivity index (χ2v) is 4.94. The van der Waals surface area contributed by atoms with E-state index in [0.29, 0.717) is 0 Å². The summed E-state index contributed by atoms with van der Waals surface area (Å²) in [5.41, 5.74) is 0.829. The van der Waals surface area contributed by atoms with Crippen molar-refractivity contribution in [1.82, 2.24) is 10.2 Å². The lowest BCUT2D eigenvalue weighted by molar-refractivity contribution is 0.215. The Morgan fingerprint density at radius 2 is 2.00 bits per heavy atom. The Morgan fingerprint density at radius 1 is 1.24 bits per heavy atom. The molecule has 1 aromatic rings. The van der Waals surface area contributed by atoms with Crippen molar-refractivity contribution in [3.8, 4) is 0 Å². The van der Waals surface area contributed by atoms with E-state index in [2.05, 4.69) is 26.6 Å². The molecule has 5 heteroatoms. The molecule has 1 saturated heterocycles. The largest absolute Gasteiger partial charge is 0.323 e. The highest BCUT2D eigenvalue weighted by Crippen LogP contribution is 2.14. The topological polar surface area (TPSA) is 44.4 Å². The quantitative estimate of drug-likeness (QED) is 0.835. The summed E-state index contributed by atoms with van der Waals surface area (Å²) >= 11 is 3.37. The number of benzene rings is 1. The SMILES string of the molecule is O=C(Nc1ccc(Br)cc1)N1CCCNCC1. The molecule has 1 heterocycles. The normalized spacial score (nSPS) is 16.4. The molecule has 2 N–H and O–H groups in total. The van der Waals surface area contributed by atoms with Gasteiger partial charge in [0.05, 0.1) is 0 Å². The molecule has 0 aromatic heterocycles. The van der Waals surface area contributed by atoms with Crippen LogP contribution in [-0.2, 0) is 0 Å². The van der Waals surface area contributed by atoms with Crippen molar-refractivity contribution in [2.75, 3.05) is 31.5 Å². The van der Waals surface area contributed by atoms with Gasteiger partial charge in [-0.15, -0.1) is 0 Å². The lowest BCUT2D eigenvalue weighted by Gasteiger charge is -2.20. The first-order chi connectivity index (χ1) is 8.25. The third kappa shape index (κ3) is 3.71. The van der Waals surface area contributed by atoms with E-state index in [4.69, 9.17) is 0 Å². The maximum absolute atomic E-state index is 12.0. The van der Waals surface area contributed by atoms with E-state index >= 15 is 0 Å². The van der Waals surface area contributed by atoms with E-state index in [9.17, 15) is 4.79 Å². The summed E-state index contributed by atoms with van der Waals surface area (Å²) in [5, 5.41) is 6.18. The number of halogens is 1. The molecular formula is C12H16BrN3O. The van der Waals surface area contributed by atoms with Crippen molar-refractivity contribution in [3.63, 3.8) is 0 Å². The van der Waals surface area contributed by atoms with Gasteiger partial charge < -0.3 is 15.5 Å². The van der Waals surface area contributed by atoms with Gasteiger partial charge >= 0.3 is 6.03 Å². The zero-order valence-corrected chi connectivity index (χ0v) is 11.2. The molecule has 1 aromatic carbocycles. The van der Waals surface area contributed by atoms with E-state index in [1.165, 1.54) is 0 Å². The summed E-state index contributed by atoms with van der Waals surface area (Å²) in [5.74, 6) is 0. The minimum Gasteiger partial charge on any atom is -0.323 e. The fraction of sp³-hybridized carbons (Fsp3) is 0.417. The summed E-state index contributed by atoms with van der Waals surface area (Å²) in [6.07, 6.45) is 1.01. The predicted octanol–water partition coefficient (Wildman–Crippen LogP) is 2.28. The van der Waals surface area contributed by atoms with Crippen LogP contribution in [0.25, 0.3) is 0 Å². The maximum atomic E-state index is 12.0. The third-order valence-electron chi connectivity index (χ3n) is 2.72. The molecule has 4 nitrogen and oxygen atoms in total. The third-order valence-corrected chi connectivity index (χ3v) is 3.25. The zero-order chi connectivity index (χ0) is 12.1. The lowest BCUT2D eigenvalue weighted by Crippen LogP contribution is -2.37. The fourth-order valence-electron chi connectivity index (χ4n) is 1.78. The average Bonchev–Trinajstić information content (AvgIpc) is 2.61. The Balaban J connectivity index is 1.93. The van der Waals surface area contributed by atoms with Gasteiger partial charge in [0.1, 0.15) is 0 Å². The van der Waals surface area contributed by atoms with E-state index < -0.39 is 0 Å². The summed E-state index contributed by atoms with van der Waals surface area (Å²) in [6, 6.07) is 7.59. The van der Waals surface area contributed by atoms with Crippen LogP contribution in [0.15, 0.2) is 28.7 Å². The van der Waals surface area contributed by atoms with Crippen molar-refractivity contribution in [2.45, 2.75) is 6.42 Å². The van der Waals surface area contributed by atoms with Crippen LogP contribution in [0.1, 0.15) is 6.42 Å². The van der Waals surface area contributed by atoms with Crippen molar-refractivity contribution < 1.29 is 4.79 Å². The number of nitrogens with zero attached hydrogens (tertiary/aromatic N) is 1. The number of hydrogen-bond donors (Lipinski definition) is 2. The Kier molecular flexibility index (Phi) is 4.39. The van der Waals surface area contributed by atoms with Crippen LogP contribution in [0, 0.1) is 0 Å². The number of urea groups is 1. The van der Waals surface area contributed by atoms with Crippen LogP contribution in [0.5, 0.6) is 0 Å². The highest BCUT2D eigenvalue weighted by atomic mass is 79.9. The second kappa shape index (κ2) is 6.02. The molecule has 1 fully saturated rings.